The molecule has 2 aromatic heterocycles. The van der Waals surface area contributed by atoms with E-state index in [1.54, 1.807) is 23.3 Å². The predicted octanol–water partition coefficient (Wildman–Crippen LogP) is 0.791. The minimum Gasteiger partial charge on any atom is -0.354 e. The van der Waals surface area contributed by atoms with Crippen molar-refractivity contribution in [1.29, 1.82) is 0 Å². The molecule has 2 heterocycles. The Labute approximate surface area is 126 Å². The normalized spacial score (nSPS) is 14.0. The Hall–Kier alpha value is -2.22. The summed E-state index contributed by atoms with van der Waals surface area (Å²) in [6, 6.07) is 0.372. The summed E-state index contributed by atoms with van der Waals surface area (Å²) in [6.45, 7) is 0.433. The lowest BCUT2D eigenvalue weighted by Gasteiger charge is -2.07. The van der Waals surface area contributed by atoms with E-state index in [1.807, 2.05) is 0 Å². The summed E-state index contributed by atoms with van der Waals surface area (Å²) in [5, 5.41) is 5.97. The first-order valence-corrected chi connectivity index (χ1v) is 7.01. The Balaban J connectivity index is 1.58. The number of hydrogen-bond acceptors (Lipinski definition) is 6. The van der Waals surface area contributed by atoms with Crippen LogP contribution in [0.25, 0.3) is 5.95 Å². The number of aromatic nitrogens is 5. The first-order valence-electron chi connectivity index (χ1n) is 6.64. The Morgan fingerprint density at radius 2 is 2.24 bits per heavy atom. The highest BCUT2D eigenvalue weighted by Gasteiger charge is 2.22. The third-order valence-electron chi connectivity index (χ3n) is 2.91. The van der Waals surface area contributed by atoms with E-state index >= 15 is 0 Å². The molecule has 110 valence electrons. The quantitative estimate of drug-likeness (QED) is 0.819. The Morgan fingerprint density at radius 1 is 1.38 bits per heavy atom. The molecule has 0 aliphatic heterocycles. The van der Waals surface area contributed by atoms with E-state index in [0.717, 1.165) is 12.8 Å². The third kappa shape index (κ3) is 3.88. The Kier molecular flexibility index (Phi) is 3.96. The number of nitrogens with zero attached hydrogens (tertiary/aromatic N) is 5. The fourth-order valence-electron chi connectivity index (χ4n) is 1.73. The van der Waals surface area contributed by atoms with E-state index in [2.05, 4.69) is 30.6 Å². The number of rotatable bonds is 6. The van der Waals surface area contributed by atoms with Crippen molar-refractivity contribution in [1.82, 2.24) is 29.8 Å². The number of carbonyl (C=O) groups excluding carboxylic acids is 1. The summed E-state index contributed by atoms with van der Waals surface area (Å²) in [6.07, 6.45) is 7.41. The third-order valence-corrected chi connectivity index (χ3v) is 3.08. The summed E-state index contributed by atoms with van der Waals surface area (Å²) in [4.78, 5) is 27.7. The molecular formula is C12H14ClN7O. The van der Waals surface area contributed by atoms with Crippen LogP contribution in [0.4, 0.5) is 5.95 Å². The summed E-state index contributed by atoms with van der Waals surface area (Å²) in [7, 11) is 0. The SMILES string of the molecule is O=C(CCNc1nc(Cl)nc(-n2ccnc2)n1)NC1CC1. The van der Waals surface area contributed by atoms with E-state index in [0.29, 0.717) is 30.9 Å². The predicted molar refractivity (Wildman–Crippen MR) is 76.2 cm³/mol. The molecule has 1 fully saturated rings. The maximum atomic E-state index is 11.6. The van der Waals surface area contributed by atoms with Gasteiger partial charge in [-0.1, -0.05) is 0 Å². The smallest absolute Gasteiger partial charge is 0.241 e. The standard InChI is InChI=1S/C12H14ClN7O/c13-10-17-11(15-4-3-9(21)16-8-1-2-8)19-12(18-10)20-6-5-14-7-20/h5-8H,1-4H2,(H,16,21)(H,15,17,18,19). The molecule has 1 aliphatic carbocycles. The van der Waals surface area contributed by atoms with E-state index < -0.39 is 0 Å². The first-order chi connectivity index (χ1) is 10.2. The number of amides is 1. The van der Waals surface area contributed by atoms with Crippen molar-refractivity contribution in [2.45, 2.75) is 25.3 Å². The van der Waals surface area contributed by atoms with E-state index in [4.69, 9.17) is 11.6 Å². The summed E-state index contributed by atoms with van der Waals surface area (Å²) >= 11 is 5.87. The maximum Gasteiger partial charge on any atom is 0.241 e. The highest BCUT2D eigenvalue weighted by Crippen LogP contribution is 2.18. The van der Waals surface area contributed by atoms with Gasteiger partial charge in [-0.15, -0.1) is 0 Å². The van der Waals surface area contributed by atoms with Crippen molar-refractivity contribution in [3.8, 4) is 5.95 Å². The van der Waals surface area contributed by atoms with Gasteiger partial charge in [0.25, 0.3) is 0 Å². The van der Waals surface area contributed by atoms with Crippen LogP contribution in [0.1, 0.15) is 19.3 Å². The maximum absolute atomic E-state index is 11.6. The van der Waals surface area contributed by atoms with Gasteiger partial charge in [0.05, 0.1) is 0 Å². The van der Waals surface area contributed by atoms with Gasteiger partial charge >= 0.3 is 0 Å². The van der Waals surface area contributed by atoms with Gasteiger partial charge in [-0.2, -0.15) is 15.0 Å². The summed E-state index contributed by atoms with van der Waals surface area (Å²) in [5.41, 5.74) is 0. The molecular weight excluding hydrogens is 294 g/mol. The monoisotopic (exact) mass is 307 g/mol. The number of carbonyl (C=O) groups is 1. The van der Waals surface area contributed by atoms with Gasteiger partial charge in [0.1, 0.15) is 6.33 Å². The van der Waals surface area contributed by atoms with Crippen molar-refractivity contribution in [3.63, 3.8) is 0 Å². The Morgan fingerprint density at radius 3 is 2.95 bits per heavy atom. The molecule has 0 radical (unpaired) electrons. The molecule has 0 spiro atoms. The molecule has 21 heavy (non-hydrogen) atoms. The van der Waals surface area contributed by atoms with Crippen molar-refractivity contribution in [2.24, 2.45) is 0 Å². The minimum absolute atomic E-state index is 0.0278. The molecule has 1 amide bonds. The highest BCUT2D eigenvalue weighted by atomic mass is 35.5. The topological polar surface area (TPSA) is 97.6 Å². The van der Waals surface area contributed by atoms with Gasteiger partial charge in [0, 0.05) is 31.4 Å². The number of hydrogen-bond donors (Lipinski definition) is 2. The van der Waals surface area contributed by atoms with E-state index in [9.17, 15) is 4.79 Å². The molecule has 0 saturated heterocycles. The fourth-order valence-corrected chi connectivity index (χ4v) is 1.88. The lowest BCUT2D eigenvalue weighted by molar-refractivity contribution is -0.120. The van der Waals surface area contributed by atoms with Gasteiger partial charge < -0.3 is 10.6 Å². The van der Waals surface area contributed by atoms with Crippen LogP contribution in [-0.4, -0.2) is 43.0 Å². The molecule has 1 saturated carbocycles. The van der Waals surface area contributed by atoms with E-state index in [1.165, 1.54) is 0 Å². The van der Waals surface area contributed by atoms with Crippen LogP contribution in [0.5, 0.6) is 0 Å². The molecule has 8 nitrogen and oxygen atoms in total. The summed E-state index contributed by atoms with van der Waals surface area (Å²) in [5.74, 6) is 0.732. The minimum atomic E-state index is 0.0278. The van der Waals surface area contributed by atoms with Crippen LogP contribution < -0.4 is 10.6 Å². The summed E-state index contributed by atoms with van der Waals surface area (Å²) < 4.78 is 1.62. The second kappa shape index (κ2) is 6.04. The zero-order valence-electron chi connectivity index (χ0n) is 11.2. The van der Waals surface area contributed by atoms with Crippen LogP contribution in [0.15, 0.2) is 18.7 Å². The molecule has 9 heteroatoms. The van der Waals surface area contributed by atoms with Gasteiger partial charge in [0.15, 0.2) is 0 Å². The highest BCUT2D eigenvalue weighted by molar-refractivity contribution is 6.28. The van der Waals surface area contributed by atoms with Crippen LogP contribution >= 0.6 is 11.6 Å². The van der Waals surface area contributed by atoms with Gasteiger partial charge in [-0.25, -0.2) is 4.98 Å². The number of nitrogens with one attached hydrogen (secondary N) is 2. The number of halogens is 1. The van der Waals surface area contributed by atoms with E-state index in [-0.39, 0.29) is 11.2 Å². The van der Waals surface area contributed by atoms with Crippen LogP contribution in [0.3, 0.4) is 0 Å². The molecule has 0 unspecified atom stereocenters. The second-order valence-corrected chi connectivity index (χ2v) is 5.05. The fraction of sp³-hybridized carbons (Fsp3) is 0.417. The average molecular weight is 308 g/mol. The zero-order chi connectivity index (χ0) is 14.7. The van der Waals surface area contributed by atoms with Crippen molar-refractivity contribution < 1.29 is 4.79 Å². The average Bonchev–Trinajstić information content (AvgIpc) is 3.08. The molecule has 3 rings (SSSR count). The van der Waals surface area contributed by atoms with Crippen molar-refractivity contribution in [2.75, 3.05) is 11.9 Å². The first kappa shape index (κ1) is 13.7. The Bertz CT molecular complexity index is 627. The molecule has 2 N–H and O–H groups in total. The second-order valence-electron chi connectivity index (χ2n) is 4.72. The van der Waals surface area contributed by atoms with Crippen molar-refractivity contribution >= 4 is 23.5 Å². The lowest BCUT2D eigenvalue weighted by Crippen LogP contribution is -2.27. The van der Waals surface area contributed by atoms with Crippen LogP contribution in [0, 0.1) is 0 Å². The molecule has 0 atom stereocenters. The largest absolute Gasteiger partial charge is 0.354 e. The molecule has 0 aromatic carbocycles. The van der Waals surface area contributed by atoms with Crippen molar-refractivity contribution in [3.05, 3.63) is 24.0 Å². The van der Waals surface area contributed by atoms with Gasteiger partial charge in [-0.05, 0) is 24.4 Å². The zero-order valence-corrected chi connectivity index (χ0v) is 11.9. The van der Waals surface area contributed by atoms with Gasteiger partial charge in [0.2, 0.25) is 23.1 Å². The van der Waals surface area contributed by atoms with Gasteiger partial charge in [-0.3, -0.25) is 9.36 Å². The molecule has 1 aliphatic rings. The van der Waals surface area contributed by atoms with Crippen LogP contribution in [0.2, 0.25) is 5.28 Å². The number of anilines is 1. The lowest BCUT2D eigenvalue weighted by atomic mass is 10.4. The number of imidazole rings is 1. The van der Waals surface area contributed by atoms with Crippen LogP contribution in [-0.2, 0) is 4.79 Å². The molecule has 2 aromatic rings. The molecule has 0 bridgehead atoms.